The van der Waals surface area contributed by atoms with Gasteiger partial charge in [-0.1, -0.05) is 30.3 Å². The Hall–Kier alpha value is -1.50. The number of hydrogen-bond donors (Lipinski definition) is 4. The van der Waals surface area contributed by atoms with Gasteiger partial charge in [0.1, 0.15) is 0 Å². The summed E-state index contributed by atoms with van der Waals surface area (Å²) >= 11 is 0. The summed E-state index contributed by atoms with van der Waals surface area (Å²) < 4.78 is 8.88. The van der Waals surface area contributed by atoms with Crippen LogP contribution in [0.2, 0.25) is 0 Å². The number of benzene rings is 1. The van der Waals surface area contributed by atoms with Gasteiger partial charge in [-0.05, 0) is 11.6 Å². The van der Waals surface area contributed by atoms with Gasteiger partial charge < -0.3 is 14.7 Å². The van der Waals surface area contributed by atoms with Crippen molar-refractivity contribution in [2.75, 3.05) is 0 Å². The monoisotopic (exact) mass is 262 g/mol. The smallest absolute Gasteiger partial charge is 0.303 e. The predicted octanol–water partition coefficient (Wildman–Crippen LogP) is 0.787. The average molecular weight is 262 g/mol. The molecule has 4 N–H and O–H groups in total. The van der Waals surface area contributed by atoms with Crippen LogP contribution in [-0.4, -0.2) is 25.9 Å². The topological polar surface area (TPSA) is 124 Å². The average Bonchev–Trinajstić information content (AvgIpc) is 2.25. The van der Waals surface area contributed by atoms with Crippen LogP contribution >= 0.6 is 7.82 Å². The molecule has 0 aromatic heterocycles. The highest BCUT2D eigenvalue weighted by Gasteiger charge is 2.00. The minimum Gasteiger partial charge on any atom is -0.303 e. The summed E-state index contributed by atoms with van der Waals surface area (Å²) in [6.07, 6.45) is 2.70. The summed E-state index contributed by atoms with van der Waals surface area (Å²) in [5, 5.41) is 7.91. The minimum atomic E-state index is -4.64. The van der Waals surface area contributed by atoms with Crippen molar-refractivity contribution in [1.29, 1.82) is 0 Å². The summed E-state index contributed by atoms with van der Waals surface area (Å²) in [6, 6.07) is 9.25. The molecule has 0 atom stereocenters. The fraction of sp³-hybridized carbons (Fsp3) is 0. The van der Waals surface area contributed by atoms with Crippen molar-refractivity contribution in [2.24, 2.45) is 0 Å². The molecule has 0 unspecified atom stereocenters. The van der Waals surface area contributed by atoms with Crippen molar-refractivity contribution in [3.05, 3.63) is 42.0 Å². The van der Waals surface area contributed by atoms with Gasteiger partial charge in [0.15, 0.2) is 0 Å². The molecule has 0 radical (unpaired) electrons. The van der Waals surface area contributed by atoms with E-state index in [9.17, 15) is 4.79 Å². The van der Waals surface area contributed by atoms with Gasteiger partial charge in [0.2, 0.25) is 0 Å². The first kappa shape index (κ1) is 15.5. The van der Waals surface area contributed by atoms with Gasteiger partial charge in [-0.2, -0.15) is 5.26 Å². The van der Waals surface area contributed by atoms with E-state index in [1.54, 1.807) is 6.08 Å². The molecule has 0 aliphatic carbocycles. The van der Waals surface area contributed by atoms with E-state index in [1.807, 2.05) is 30.3 Å². The Labute approximate surface area is 96.8 Å². The second kappa shape index (κ2) is 7.72. The van der Waals surface area contributed by atoms with Gasteiger partial charge in [-0.3, -0.25) is 4.89 Å². The first-order valence-electron chi connectivity index (χ1n) is 4.19. The van der Waals surface area contributed by atoms with Crippen molar-refractivity contribution in [2.45, 2.75) is 0 Å². The number of phosphoric acid groups is 1. The highest BCUT2D eigenvalue weighted by Crippen LogP contribution is 2.25. The first-order chi connectivity index (χ1) is 7.83. The lowest BCUT2D eigenvalue weighted by molar-refractivity contribution is -0.227. The molecule has 0 saturated heterocycles. The number of carbonyl (C=O) groups is 1. The maximum Gasteiger partial charge on any atom is 0.466 e. The largest absolute Gasteiger partial charge is 0.466 e. The van der Waals surface area contributed by atoms with Crippen molar-refractivity contribution < 1.29 is 34.2 Å². The predicted molar refractivity (Wildman–Crippen MR) is 58.5 cm³/mol. The molecule has 94 valence electrons. The first-order valence-corrected chi connectivity index (χ1v) is 5.76. The summed E-state index contributed by atoms with van der Waals surface area (Å²) in [6.45, 7) is 0. The van der Waals surface area contributed by atoms with Crippen molar-refractivity contribution in [3.63, 3.8) is 0 Å². The molecular formula is C9H11O7P. The lowest BCUT2D eigenvalue weighted by atomic mass is 10.2. The maximum absolute atomic E-state index is 10.4. The van der Waals surface area contributed by atoms with Crippen LogP contribution in [0.4, 0.5) is 0 Å². The zero-order chi connectivity index (χ0) is 13.3. The van der Waals surface area contributed by atoms with E-state index in [-0.39, 0.29) is 0 Å². The van der Waals surface area contributed by atoms with Crippen molar-refractivity contribution in [1.82, 2.24) is 0 Å². The van der Waals surface area contributed by atoms with Crippen LogP contribution in [-0.2, 0) is 14.2 Å². The van der Waals surface area contributed by atoms with Crippen LogP contribution in [0.15, 0.2) is 36.4 Å². The van der Waals surface area contributed by atoms with E-state index in [0.29, 0.717) is 0 Å². The van der Waals surface area contributed by atoms with Crippen LogP contribution in [0.25, 0.3) is 6.08 Å². The SMILES string of the molecule is O=C(C=Cc1ccccc1)OO.O=P(O)(O)O. The normalized spacial score (nSPS) is 10.6. The molecule has 0 heterocycles. The Kier molecular flexibility index (Phi) is 7.04. The fourth-order valence-corrected chi connectivity index (χ4v) is 0.759. The van der Waals surface area contributed by atoms with Gasteiger partial charge in [0.05, 0.1) is 0 Å². The van der Waals surface area contributed by atoms with Crippen molar-refractivity contribution >= 4 is 19.9 Å². The van der Waals surface area contributed by atoms with E-state index in [2.05, 4.69) is 4.89 Å². The second-order valence-corrected chi connectivity index (χ2v) is 3.69. The molecule has 0 bridgehead atoms. The molecule has 0 amide bonds. The Balaban J connectivity index is 0.000000437. The number of hydrogen-bond acceptors (Lipinski definition) is 4. The molecule has 7 nitrogen and oxygen atoms in total. The maximum atomic E-state index is 10.4. The van der Waals surface area contributed by atoms with Crippen LogP contribution in [0.1, 0.15) is 5.56 Å². The van der Waals surface area contributed by atoms with Crippen LogP contribution in [0.3, 0.4) is 0 Å². The lowest BCUT2D eigenvalue weighted by Crippen LogP contribution is -1.93. The third-order valence-corrected chi connectivity index (χ3v) is 1.30. The van der Waals surface area contributed by atoms with Crippen molar-refractivity contribution in [3.8, 4) is 0 Å². The highest BCUT2D eigenvalue weighted by molar-refractivity contribution is 7.45. The van der Waals surface area contributed by atoms with Gasteiger partial charge in [0, 0.05) is 6.08 Å². The Morgan fingerprint density at radius 2 is 1.65 bits per heavy atom. The second-order valence-electron chi connectivity index (χ2n) is 2.67. The lowest BCUT2D eigenvalue weighted by Gasteiger charge is -1.89. The quantitative estimate of drug-likeness (QED) is 0.269. The number of carbonyl (C=O) groups excluding carboxylic acids is 1. The van der Waals surface area contributed by atoms with E-state index >= 15 is 0 Å². The minimum absolute atomic E-state index is 0.779. The number of rotatable bonds is 2. The summed E-state index contributed by atoms with van der Waals surface area (Å²) in [5.41, 5.74) is 0.878. The molecule has 0 aliphatic heterocycles. The molecule has 0 spiro atoms. The molecule has 1 aromatic carbocycles. The molecule has 0 fully saturated rings. The van der Waals surface area contributed by atoms with E-state index < -0.39 is 13.8 Å². The summed E-state index contributed by atoms with van der Waals surface area (Å²) in [4.78, 5) is 35.4. The van der Waals surface area contributed by atoms with Gasteiger partial charge in [0.25, 0.3) is 0 Å². The molecular weight excluding hydrogens is 251 g/mol. The van der Waals surface area contributed by atoms with Gasteiger partial charge >= 0.3 is 13.8 Å². The highest BCUT2D eigenvalue weighted by atomic mass is 31.2. The Bertz CT molecular complexity index is 400. The standard InChI is InChI=1S/C9H8O3.H3O4P/c10-9(12-11)7-6-8-4-2-1-3-5-8;1-5(2,3)4/h1-7,11H;(H3,1,2,3,4). The van der Waals surface area contributed by atoms with Crippen LogP contribution in [0.5, 0.6) is 0 Å². The Morgan fingerprint density at radius 1 is 1.18 bits per heavy atom. The van der Waals surface area contributed by atoms with Gasteiger partial charge in [-0.15, -0.1) is 0 Å². The van der Waals surface area contributed by atoms with E-state index in [1.165, 1.54) is 0 Å². The van der Waals surface area contributed by atoms with E-state index in [0.717, 1.165) is 11.6 Å². The zero-order valence-electron chi connectivity index (χ0n) is 8.50. The van der Waals surface area contributed by atoms with E-state index in [4.69, 9.17) is 24.5 Å². The molecule has 8 heteroatoms. The molecule has 0 saturated carbocycles. The fourth-order valence-electron chi connectivity index (χ4n) is 0.759. The van der Waals surface area contributed by atoms with Crippen LogP contribution < -0.4 is 0 Å². The Morgan fingerprint density at radius 3 is 2.06 bits per heavy atom. The molecule has 1 aromatic rings. The van der Waals surface area contributed by atoms with Gasteiger partial charge in [-0.25, -0.2) is 9.36 Å². The van der Waals surface area contributed by atoms with Crippen LogP contribution in [0, 0.1) is 0 Å². The molecule has 17 heavy (non-hydrogen) atoms. The third-order valence-electron chi connectivity index (χ3n) is 1.30. The zero-order valence-corrected chi connectivity index (χ0v) is 9.40. The summed E-state index contributed by atoms with van der Waals surface area (Å²) in [5.74, 6) is -0.779. The molecule has 1 rings (SSSR count). The molecule has 0 aliphatic rings. The third kappa shape index (κ3) is 12.4. The summed E-state index contributed by atoms with van der Waals surface area (Å²) in [7, 11) is -4.64.